The maximum atomic E-state index is 12.3. The normalized spacial score (nSPS) is 17.8. The van der Waals surface area contributed by atoms with Crippen molar-refractivity contribution in [2.24, 2.45) is 0 Å². The molecule has 1 aliphatic rings. The molecule has 5 heteroatoms. The molecule has 0 spiro atoms. The second-order valence-electron chi connectivity index (χ2n) is 4.62. The van der Waals surface area contributed by atoms with Crippen LogP contribution in [0.4, 0.5) is 0 Å². The zero-order valence-electron chi connectivity index (χ0n) is 11.5. The van der Waals surface area contributed by atoms with E-state index >= 15 is 0 Å². The number of rotatable bonds is 3. The summed E-state index contributed by atoms with van der Waals surface area (Å²) in [5.74, 6) is 3.16. The number of halogens is 1. The van der Waals surface area contributed by atoms with Crippen molar-refractivity contribution in [3.05, 3.63) is 29.8 Å². The first-order valence-electron chi connectivity index (χ1n) is 6.39. The fourth-order valence-electron chi connectivity index (χ4n) is 2.12. The molecule has 2 rings (SSSR count). The Morgan fingerprint density at radius 1 is 1.50 bits per heavy atom. The summed E-state index contributed by atoms with van der Waals surface area (Å²) in [7, 11) is 0. The van der Waals surface area contributed by atoms with E-state index in [-0.39, 0.29) is 24.9 Å². The highest BCUT2D eigenvalue weighted by atomic mass is 35.5. The van der Waals surface area contributed by atoms with Gasteiger partial charge >= 0.3 is 0 Å². The van der Waals surface area contributed by atoms with Gasteiger partial charge in [0.25, 0.3) is 5.91 Å². The van der Waals surface area contributed by atoms with Crippen LogP contribution < -0.4 is 10.1 Å². The molecule has 20 heavy (non-hydrogen) atoms. The molecule has 0 saturated carbocycles. The molecule has 1 aromatic rings. The number of carbonyl (C=O) groups is 1. The van der Waals surface area contributed by atoms with Gasteiger partial charge in [0.2, 0.25) is 0 Å². The lowest BCUT2D eigenvalue weighted by Crippen LogP contribution is -2.51. The molecule has 1 atom stereocenters. The second-order valence-corrected chi connectivity index (χ2v) is 4.62. The van der Waals surface area contributed by atoms with Gasteiger partial charge in [-0.2, -0.15) is 0 Å². The molecule has 0 aliphatic carbocycles. The summed E-state index contributed by atoms with van der Waals surface area (Å²) >= 11 is 0. The Balaban J connectivity index is 0.00000200. The summed E-state index contributed by atoms with van der Waals surface area (Å²) in [5, 5.41) is 3.32. The molecule has 1 saturated heterocycles. The van der Waals surface area contributed by atoms with Crippen molar-refractivity contribution in [3.63, 3.8) is 0 Å². The molecule has 1 aromatic carbocycles. The molecule has 1 aliphatic heterocycles. The summed E-state index contributed by atoms with van der Waals surface area (Å²) in [6.45, 7) is 4.65. The van der Waals surface area contributed by atoms with Crippen LogP contribution in [0.1, 0.15) is 17.3 Å². The molecular weight excluding hydrogens is 276 g/mol. The Labute approximate surface area is 125 Å². The number of hydrogen-bond donors (Lipinski definition) is 1. The second kappa shape index (κ2) is 7.78. The third kappa shape index (κ3) is 4.16. The maximum absolute atomic E-state index is 12.3. The van der Waals surface area contributed by atoms with Crippen molar-refractivity contribution < 1.29 is 9.53 Å². The number of nitrogens with zero attached hydrogens (tertiary/aromatic N) is 1. The van der Waals surface area contributed by atoms with Crippen molar-refractivity contribution in [3.8, 4) is 18.1 Å². The van der Waals surface area contributed by atoms with Gasteiger partial charge in [-0.15, -0.1) is 18.8 Å². The lowest BCUT2D eigenvalue weighted by atomic mass is 10.1. The number of hydrogen-bond acceptors (Lipinski definition) is 3. The van der Waals surface area contributed by atoms with Crippen LogP contribution in [-0.2, 0) is 0 Å². The lowest BCUT2D eigenvalue weighted by molar-refractivity contribution is 0.0709. The smallest absolute Gasteiger partial charge is 0.253 e. The first-order chi connectivity index (χ1) is 9.20. The van der Waals surface area contributed by atoms with Gasteiger partial charge in [0, 0.05) is 31.2 Å². The molecule has 4 nitrogen and oxygen atoms in total. The minimum atomic E-state index is 0. The number of carbonyl (C=O) groups excluding carboxylic acids is 1. The van der Waals surface area contributed by atoms with E-state index in [1.165, 1.54) is 0 Å². The highest BCUT2D eigenvalue weighted by Gasteiger charge is 2.21. The van der Waals surface area contributed by atoms with E-state index in [1.54, 1.807) is 24.3 Å². The van der Waals surface area contributed by atoms with Gasteiger partial charge in [0.05, 0.1) is 0 Å². The fourth-order valence-corrected chi connectivity index (χ4v) is 2.12. The summed E-state index contributed by atoms with van der Waals surface area (Å²) in [6.07, 6.45) is 5.12. The third-order valence-corrected chi connectivity index (χ3v) is 3.08. The van der Waals surface area contributed by atoms with E-state index < -0.39 is 0 Å². The molecule has 1 N–H and O–H groups in total. The van der Waals surface area contributed by atoms with Crippen LogP contribution >= 0.6 is 12.4 Å². The van der Waals surface area contributed by atoms with E-state index in [4.69, 9.17) is 11.2 Å². The predicted molar refractivity (Wildman–Crippen MR) is 81.4 cm³/mol. The summed E-state index contributed by atoms with van der Waals surface area (Å²) in [4.78, 5) is 14.2. The SMILES string of the molecule is C#CCOc1ccc(C(=O)N2CCN[C@H](C)C2)cc1.Cl. The number of piperazine rings is 1. The zero-order chi connectivity index (χ0) is 13.7. The molecule has 108 valence electrons. The minimum absolute atomic E-state index is 0. The van der Waals surface area contributed by atoms with E-state index in [0.29, 0.717) is 17.4 Å². The number of amides is 1. The molecule has 0 bridgehead atoms. The van der Waals surface area contributed by atoms with E-state index in [9.17, 15) is 4.79 Å². The zero-order valence-corrected chi connectivity index (χ0v) is 12.3. The first-order valence-corrected chi connectivity index (χ1v) is 6.39. The summed E-state index contributed by atoms with van der Waals surface area (Å²) in [5.41, 5.74) is 0.683. The maximum Gasteiger partial charge on any atom is 0.253 e. The quantitative estimate of drug-likeness (QED) is 0.860. The van der Waals surface area contributed by atoms with Gasteiger partial charge in [-0.05, 0) is 31.2 Å². The van der Waals surface area contributed by atoms with Crippen LogP contribution in [0.3, 0.4) is 0 Å². The third-order valence-electron chi connectivity index (χ3n) is 3.08. The van der Waals surface area contributed by atoms with Gasteiger partial charge in [0.15, 0.2) is 0 Å². The van der Waals surface area contributed by atoms with Crippen LogP contribution in [0.15, 0.2) is 24.3 Å². The average Bonchev–Trinajstić information content (AvgIpc) is 2.45. The number of terminal acetylenes is 1. The average molecular weight is 295 g/mol. The van der Waals surface area contributed by atoms with Gasteiger partial charge in [-0.3, -0.25) is 4.79 Å². The van der Waals surface area contributed by atoms with Crippen LogP contribution in [-0.4, -0.2) is 43.1 Å². The summed E-state index contributed by atoms with van der Waals surface area (Å²) < 4.78 is 5.28. The molecule has 1 fully saturated rings. The Morgan fingerprint density at radius 3 is 2.80 bits per heavy atom. The highest BCUT2D eigenvalue weighted by molar-refractivity contribution is 5.94. The molecule has 0 aromatic heterocycles. The van der Waals surface area contributed by atoms with Crippen LogP contribution in [0.5, 0.6) is 5.75 Å². The molecule has 1 heterocycles. The van der Waals surface area contributed by atoms with E-state index in [1.807, 2.05) is 4.90 Å². The van der Waals surface area contributed by atoms with Crippen molar-refractivity contribution >= 4 is 18.3 Å². The Hall–Kier alpha value is -1.70. The Bertz CT molecular complexity index is 482. The predicted octanol–water partition coefficient (Wildman–Crippen LogP) is 1.55. The van der Waals surface area contributed by atoms with Crippen molar-refractivity contribution in [1.82, 2.24) is 10.2 Å². The topological polar surface area (TPSA) is 41.6 Å². The molecular formula is C15H19ClN2O2. The van der Waals surface area contributed by atoms with Crippen molar-refractivity contribution in [1.29, 1.82) is 0 Å². The molecule has 0 radical (unpaired) electrons. The molecule has 0 unspecified atom stereocenters. The van der Waals surface area contributed by atoms with Crippen molar-refractivity contribution in [2.45, 2.75) is 13.0 Å². The largest absolute Gasteiger partial charge is 0.481 e. The van der Waals surface area contributed by atoms with E-state index in [0.717, 1.165) is 19.6 Å². The van der Waals surface area contributed by atoms with Gasteiger partial charge < -0.3 is 15.0 Å². The Kier molecular flexibility index (Phi) is 6.37. The Morgan fingerprint density at radius 2 is 2.20 bits per heavy atom. The fraction of sp³-hybridized carbons (Fsp3) is 0.400. The minimum Gasteiger partial charge on any atom is -0.481 e. The first kappa shape index (κ1) is 16.4. The van der Waals surface area contributed by atoms with Crippen LogP contribution in [0.2, 0.25) is 0 Å². The molecule has 1 amide bonds. The monoisotopic (exact) mass is 294 g/mol. The van der Waals surface area contributed by atoms with E-state index in [2.05, 4.69) is 18.2 Å². The van der Waals surface area contributed by atoms with Gasteiger partial charge in [-0.1, -0.05) is 5.92 Å². The highest BCUT2D eigenvalue weighted by Crippen LogP contribution is 2.14. The van der Waals surface area contributed by atoms with Crippen LogP contribution in [0.25, 0.3) is 0 Å². The number of benzene rings is 1. The van der Waals surface area contributed by atoms with Gasteiger partial charge in [0.1, 0.15) is 12.4 Å². The number of nitrogens with one attached hydrogen (secondary N) is 1. The van der Waals surface area contributed by atoms with Crippen molar-refractivity contribution in [2.75, 3.05) is 26.2 Å². The van der Waals surface area contributed by atoms with Gasteiger partial charge in [-0.25, -0.2) is 0 Å². The lowest BCUT2D eigenvalue weighted by Gasteiger charge is -2.32. The van der Waals surface area contributed by atoms with Crippen LogP contribution in [0, 0.1) is 12.3 Å². The summed E-state index contributed by atoms with van der Waals surface area (Å²) in [6, 6.07) is 7.45. The number of ether oxygens (including phenoxy) is 1. The standard InChI is InChI=1S/C15H18N2O2.ClH/c1-3-10-19-14-6-4-13(5-7-14)15(18)17-9-8-16-12(2)11-17;/h1,4-7,12,16H,8-11H2,2H3;1H/t12-;/m1./s1.